The third kappa shape index (κ3) is 4.03. The Hall–Kier alpha value is -2.44. The van der Waals surface area contributed by atoms with Crippen LogP contribution >= 0.6 is 0 Å². The van der Waals surface area contributed by atoms with Crippen molar-refractivity contribution in [1.29, 1.82) is 0 Å². The predicted octanol–water partition coefficient (Wildman–Crippen LogP) is 3.60. The molecule has 0 bridgehead atoms. The molecule has 0 radical (unpaired) electrons. The van der Waals surface area contributed by atoms with Crippen LogP contribution in [0.25, 0.3) is 10.9 Å². The monoisotopic (exact) mass is 370 g/mol. The first-order valence-electron chi connectivity index (χ1n) is 8.43. The number of benzene rings is 2. The summed E-state index contributed by atoms with van der Waals surface area (Å²) in [5, 5.41) is 0.902. The molecule has 136 valence electrons. The van der Waals surface area contributed by atoms with E-state index in [0.717, 1.165) is 22.0 Å². The van der Waals surface area contributed by atoms with E-state index in [1.165, 1.54) is 0 Å². The second-order valence-electron chi connectivity index (χ2n) is 6.41. The average Bonchev–Trinajstić information content (AvgIpc) is 2.61. The first kappa shape index (κ1) is 18.4. The lowest BCUT2D eigenvalue weighted by Crippen LogP contribution is -2.36. The van der Waals surface area contributed by atoms with Gasteiger partial charge in [0.2, 0.25) is 10.0 Å². The van der Waals surface area contributed by atoms with Crippen LogP contribution in [0.4, 0.5) is 0 Å². The van der Waals surface area contributed by atoms with Gasteiger partial charge in [0.25, 0.3) is 0 Å². The Morgan fingerprint density at radius 1 is 1.08 bits per heavy atom. The van der Waals surface area contributed by atoms with Gasteiger partial charge in [0, 0.05) is 11.6 Å². The minimum atomic E-state index is -3.59. The van der Waals surface area contributed by atoms with Crippen molar-refractivity contribution in [1.82, 2.24) is 9.71 Å². The number of nitrogens with zero attached hydrogens (tertiary/aromatic N) is 1. The van der Waals surface area contributed by atoms with Gasteiger partial charge in [0.15, 0.2) is 0 Å². The lowest BCUT2D eigenvalue weighted by atomic mass is 10.1. The summed E-state index contributed by atoms with van der Waals surface area (Å²) in [5.41, 5.74) is 2.85. The van der Waals surface area contributed by atoms with Gasteiger partial charge in [-0.15, -0.1) is 0 Å². The highest BCUT2D eigenvalue weighted by Gasteiger charge is 2.18. The van der Waals surface area contributed by atoms with E-state index in [1.807, 2.05) is 50.2 Å². The smallest absolute Gasteiger partial charge is 0.240 e. The van der Waals surface area contributed by atoms with E-state index < -0.39 is 10.0 Å². The molecular weight excluding hydrogens is 348 g/mol. The topological polar surface area (TPSA) is 68.3 Å². The maximum atomic E-state index is 12.6. The van der Waals surface area contributed by atoms with Gasteiger partial charge in [-0.05, 0) is 68.3 Å². The normalized spacial score (nSPS) is 12.9. The van der Waals surface area contributed by atoms with E-state index in [-0.39, 0.29) is 17.5 Å². The zero-order chi connectivity index (χ0) is 18.7. The molecule has 3 aromatic rings. The number of fused-ring (bicyclic) bond motifs is 1. The summed E-state index contributed by atoms with van der Waals surface area (Å²) >= 11 is 0. The number of ether oxygens (including phenoxy) is 1. The molecule has 0 amide bonds. The molecule has 0 saturated heterocycles. The summed E-state index contributed by atoms with van der Waals surface area (Å²) in [5.74, 6) is 0.688. The van der Waals surface area contributed by atoms with Crippen LogP contribution in [0.2, 0.25) is 0 Å². The number of nitrogens with one attached hydrogen (secondary N) is 1. The fourth-order valence-electron chi connectivity index (χ4n) is 2.66. The number of rotatable bonds is 6. The van der Waals surface area contributed by atoms with Crippen LogP contribution in [0.3, 0.4) is 0 Å². The second-order valence-corrected chi connectivity index (χ2v) is 8.12. The van der Waals surface area contributed by atoms with Crippen molar-refractivity contribution < 1.29 is 13.2 Å². The highest BCUT2D eigenvalue weighted by Crippen LogP contribution is 2.23. The molecule has 0 saturated carbocycles. The molecule has 2 aromatic carbocycles. The van der Waals surface area contributed by atoms with E-state index in [0.29, 0.717) is 5.75 Å². The molecule has 0 aliphatic carbocycles. The third-order valence-electron chi connectivity index (χ3n) is 4.24. The minimum Gasteiger partial charge on any atom is -0.491 e. The minimum absolute atomic E-state index is 0.220. The van der Waals surface area contributed by atoms with Crippen LogP contribution < -0.4 is 9.46 Å². The summed E-state index contributed by atoms with van der Waals surface area (Å²) in [4.78, 5) is 4.56. The lowest BCUT2D eigenvalue weighted by molar-refractivity contribution is 0.290. The van der Waals surface area contributed by atoms with Crippen LogP contribution in [-0.2, 0) is 10.0 Å². The largest absolute Gasteiger partial charge is 0.491 e. The Bertz CT molecular complexity index is 1030. The SMILES string of the molecule is Cc1ccc(S(=O)(=O)N[C@@H](C)COc2cccc3ncccc23)cc1C. The number of hydrogen-bond acceptors (Lipinski definition) is 4. The van der Waals surface area contributed by atoms with Crippen molar-refractivity contribution in [2.75, 3.05) is 6.61 Å². The summed E-state index contributed by atoms with van der Waals surface area (Å²) in [7, 11) is -3.59. The number of pyridine rings is 1. The van der Waals surface area contributed by atoms with Gasteiger partial charge in [-0.25, -0.2) is 13.1 Å². The molecule has 0 unspecified atom stereocenters. The van der Waals surface area contributed by atoms with Gasteiger partial charge in [0.1, 0.15) is 12.4 Å². The molecule has 6 heteroatoms. The average molecular weight is 370 g/mol. The molecular formula is C20H22N2O3S. The fourth-order valence-corrected chi connectivity index (χ4v) is 3.98. The summed E-state index contributed by atoms with van der Waals surface area (Å²) in [6.07, 6.45) is 1.73. The van der Waals surface area contributed by atoms with Crippen LogP contribution in [-0.4, -0.2) is 26.1 Å². The molecule has 1 aromatic heterocycles. The predicted molar refractivity (Wildman–Crippen MR) is 103 cm³/mol. The van der Waals surface area contributed by atoms with Gasteiger partial charge in [-0.3, -0.25) is 4.98 Å². The zero-order valence-electron chi connectivity index (χ0n) is 15.1. The van der Waals surface area contributed by atoms with Crippen molar-refractivity contribution in [3.05, 3.63) is 65.9 Å². The van der Waals surface area contributed by atoms with E-state index in [4.69, 9.17) is 4.74 Å². The first-order valence-corrected chi connectivity index (χ1v) is 9.91. The summed E-state index contributed by atoms with van der Waals surface area (Å²) in [6, 6.07) is 14.2. The Kier molecular flexibility index (Phi) is 5.25. The maximum Gasteiger partial charge on any atom is 0.240 e. The van der Waals surface area contributed by atoms with E-state index in [9.17, 15) is 8.42 Å². The van der Waals surface area contributed by atoms with Gasteiger partial charge < -0.3 is 4.74 Å². The van der Waals surface area contributed by atoms with Gasteiger partial charge in [0.05, 0.1) is 16.5 Å². The molecule has 0 aliphatic rings. The Balaban J connectivity index is 1.70. The second kappa shape index (κ2) is 7.43. The number of aryl methyl sites for hydroxylation is 2. The number of aromatic nitrogens is 1. The standard InChI is InChI=1S/C20H22N2O3S/c1-14-9-10-17(12-15(14)2)26(23,24)22-16(3)13-25-20-8-4-7-19-18(20)6-5-11-21-19/h4-12,16,22H,13H2,1-3H3/t16-/m0/s1. The number of sulfonamides is 1. The van der Waals surface area contributed by atoms with Crippen molar-refractivity contribution in [3.8, 4) is 5.75 Å². The molecule has 0 spiro atoms. The number of hydrogen-bond donors (Lipinski definition) is 1. The molecule has 5 nitrogen and oxygen atoms in total. The van der Waals surface area contributed by atoms with E-state index >= 15 is 0 Å². The van der Waals surface area contributed by atoms with Crippen LogP contribution in [0.5, 0.6) is 5.75 Å². The molecule has 26 heavy (non-hydrogen) atoms. The molecule has 1 heterocycles. The highest BCUT2D eigenvalue weighted by molar-refractivity contribution is 7.89. The highest BCUT2D eigenvalue weighted by atomic mass is 32.2. The van der Waals surface area contributed by atoms with Gasteiger partial charge in [-0.1, -0.05) is 12.1 Å². The fraction of sp³-hybridized carbons (Fsp3) is 0.250. The molecule has 0 aliphatic heterocycles. The van der Waals surface area contributed by atoms with Crippen molar-refractivity contribution in [2.45, 2.75) is 31.7 Å². The quantitative estimate of drug-likeness (QED) is 0.720. The Labute approximate surface area is 154 Å². The van der Waals surface area contributed by atoms with Crippen LogP contribution in [0.1, 0.15) is 18.1 Å². The van der Waals surface area contributed by atoms with E-state index in [1.54, 1.807) is 25.3 Å². The molecule has 0 fully saturated rings. The maximum absolute atomic E-state index is 12.6. The van der Waals surface area contributed by atoms with Crippen LogP contribution in [0, 0.1) is 13.8 Å². The lowest BCUT2D eigenvalue weighted by Gasteiger charge is -2.16. The third-order valence-corrected chi connectivity index (χ3v) is 5.83. The summed E-state index contributed by atoms with van der Waals surface area (Å²) in [6.45, 7) is 5.85. The van der Waals surface area contributed by atoms with Gasteiger partial charge >= 0.3 is 0 Å². The Morgan fingerprint density at radius 3 is 2.65 bits per heavy atom. The van der Waals surface area contributed by atoms with Crippen molar-refractivity contribution in [3.63, 3.8) is 0 Å². The van der Waals surface area contributed by atoms with E-state index in [2.05, 4.69) is 9.71 Å². The Morgan fingerprint density at radius 2 is 1.88 bits per heavy atom. The summed E-state index contributed by atoms with van der Waals surface area (Å²) < 4.78 is 33.6. The van der Waals surface area contributed by atoms with Crippen molar-refractivity contribution >= 4 is 20.9 Å². The molecule has 3 rings (SSSR count). The zero-order valence-corrected chi connectivity index (χ0v) is 15.9. The van der Waals surface area contributed by atoms with Crippen LogP contribution in [0.15, 0.2) is 59.6 Å². The molecule has 1 N–H and O–H groups in total. The molecule has 1 atom stereocenters. The van der Waals surface area contributed by atoms with Gasteiger partial charge in [-0.2, -0.15) is 0 Å². The first-order chi connectivity index (χ1) is 12.4. The van der Waals surface area contributed by atoms with Crippen molar-refractivity contribution in [2.24, 2.45) is 0 Å².